The van der Waals surface area contributed by atoms with Crippen molar-refractivity contribution in [3.05, 3.63) is 28.0 Å². The molecule has 1 nitrogen and oxygen atoms in total. The molecule has 0 bridgehead atoms. The first-order chi connectivity index (χ1) is 10.4. The number of hydrogen-bond donors (Lipinski definition) is 0. The van der Waals surface area contributed by atoms with E-state index >= 15 is 0 Å². The van der Waals surface area contributed by atoms with Gasteiger partial charge in [0, 0.05) is 32.8 Å². The Bertz CT molecular complexity index is 600. The van der Waals surface area contributed by atoms with Crippen molar-refractivity contribution in [2.75, 3.05) is 0 Å². The Morgan fingerprint density at radius 1 is 1.83 bits per heavy atom. The second-order valence-corrected chi connectivity index (χ2v) is 2.87. The van der Waals surface area contributed by atoms with Crippen molar-refractivity contribution >= 4 is 15.9 Å². The van der Waals surface area contributed by atoms with Gasteiger partial charge < -0.3 is 0 Å². The fourth-order valence-corrected chi connectivity index (χ4v) is 0.957. The molecule has 1 heterocycles. The molecular weight excluding hydrogens is 214 g/mol. The minimum atomic E-state index is -3.62. The first-order valence-corrected chi connectivity index (χ1v) is 3.84. The first-order valence-electron chi connectivity index (χ1n) is 9.04. The molecule has 0 aliphatic rings. The van der Waals surface area contributed by atoms with Crippen molar-refractivity contribution in [1.82, 2.24) is 4.98 Å². The van der Waals surface area contributed by atoms with E-state index in [2.05, 4.69) is 20.9 Å². The smallest absolute Gasteiger partial charge is 0.0446 e. The molecule has 1 aromatic heterocycles. The highest BCUT2D eigenvalue weighted by atomic mass is 79.9. The highest BCUT2D eigenvalue weighted by Gasteiger charge is 2.04. The van der Waals surface area contributed by atoms with E-state index in [4.69, 9.17) is 16.4 Å². The molecule has 0 unspecified atom stereocenters. The third kappa shape index (κ3) is 2.31. The van der Waals surface area contributed by atoms with Crippen molar-refractivity contribution in [3.63, 3.8) is 0 Å². The average Bonchev–Trinajstić information content (AvgIpc) is 2.32. The maximum absolute atomic E-state index is 8.08. The van der Waals surface area contributed by atoms with Crippen LogP contribution >= 0.6 is 15.9 Å². The second-order valence-electron chi connectivity index (χ2n) is 2.02. The monoisotopic (exact) mass is 239 g/mol. The predicted molar refractivity (Wildman–Crippen MR) is 55.2 cm³/mol. The minimum absolute atomic E-state index is 0.0881. The molecule has 2 heteroatoms. The lowest BCUT2D eigenvalue weighted by Crippen LogP contribution is -2.00. The molecule has 0 aliphatic heterocycles. The average molecular weight is 240 g/mol. The number of halogens is 1. The van der Waals surface area contributed by atoms with Crippen molar-refractivity contribution in [2.45, 2.75) is 26.9 Å². The highest BCUT2D eigenvalue weighted by Crippen LogP contribution is 2.19. The van der Waals surface area contributed by atoms with Gasteiger partial charge in [-0.25, -0.2) is 0 Å². The second kappa shape index (κ2) is 4.04. The van der Waals surface area contributed by atoms with Gasteiger partial charge >= 0.3 is 0 Å². The topological polar surface area (TPSA) is 12.9 Å². The van der Waals surface area contributed by atoms with E-state index in [1.807, 2.05) is 0 Å². The van der Waals surface area contributed by atoms with Crippen LogP contribution in [-0.2, 0) is 6.37 Å². The van der Waals surface area contributed by atoms with Crippen LogP contribution in [0.5, 0.6) is 0 Å². The van der Waals surface area contributed by atoms with Gasteiger partial charge in [-0.3, -0.25) is 4.98 Å². The molecule has 0 N–H and O–H groups in total. The number of rotatable bonds is 2. The van der Waals surface area contributed by atoms with Crippen LogP contribution in [0.4, 0.5) is 0 Å². The van der Waals surface area contributed by atoms with E-state index in [9.17, 15) is 0 Å². The largest absolute Gasteiger partial charge is 0.261 e. The van der Waals surface area contributed by atoms with E-state index in [0.29, 0.717) is 0 Å². The molecule has 1 rings (SSSR count). The van der Waals surface area contributed by atoms with E-state index in [0.717, 1.165) is 6.20 Å². The first kappa shape index (κ1) is 2.35. The van der Waals surface area contributed by atoms with Gasteiger partial charge in [-0.1, -0.05) is 29.6 Å². The fraction of sp³-hybridized carbons (Fsp3) is 0.500. The summed E-state index contributed by atoms with van der Waals surface area (Å²) in [5.74, 6) is -3.62. The van der Waals surface area contributed by atoms with E-state index in [-0.39, 0.29) is 4.47 Å². The van der Waals surface area contributed by atoms with Gasteiger partial charge in [-0.2, -0.15) is 0 Å². The van der Waals surface area contributed by atoms with Crippen LogP contribution in [0, 0.1) is 12.7 Å². The fourth-order valence-electron chi connectivity index (χ4n) is 0.651. The number of hydrogen-bond acceptors (Lipinski definition) is 1. The van der Waals surface area contributed by atoms with E-state index in [1.165, 1.54) is 6.07 Å². The van der Waals surface area contributed by atoms with Gasteiger partial charge in [-0.05, 0) is 30.7 Å². The van der Waals surface area contributed by atoms with Crippen LogP contribution in [0.15, 0.2) is 16.7 Å². The lowest BCUT2D eigenvalue weighted by molar-refractivity contribution is 0.632. The molecule has 1 aromatic rings. The molecule has 0 saturated heterocycles. The quantitative estimate of drug-likeness (QED) is 0.772. The molecule has 0 amide bonds. The van der Waals surface area contributed by atoms with E-state index < -0.39 is 44.1 Å². The van der Waals surface area contributed by atoms with Crippen molar-refractivity contribution in [3.8, 4) is 0 Å². The molecule has 0 spiro atoms. The number of pyridine rings is 1. The molecule has 0 fully saturated rings. The Hall–Kier alpha value is -0.370. The SMILES string of the molecule is [2H]C([2H])([2H])c1c(Br)ccnc1C([2H])([2H])C([2H])(C([2H])([2H])[2H])C([2H])([2H])[2H]. The Balaban J connectivity index is 3.87. The van der Waals surface area contributed by atoms with Crippen molar-refractivity contribution in [1.29, 1.82) is 0 Å². The summed E-state index contributed by atoms with van der Waals surface area (Å²) >= 11 is 2.93. The predicted octanol–water partition coefficient (Wildman–Crippen LogP) is 3.35. The molecular formula is C10H14BrN. The van der Waals surface area contributed by atoms with Gasteiger partial charge in [0.1, 0.15) is 0 Å². The van der Waals surface area contributed by atoms with Crippen LogP contribution in [0.2, 0.25) is 0 Å². The van der Waals surface area contributed by atoms with E-state index in [1.54, 1.807) is 0 Å². The van der Waals surface area contributed by atoms with Gasteiger partial charge in [-0.15, -0.1) is 0 Å². The number of nitrogens with zero attached hydrogens (tertiary/aromatic N) is 1. The van der Waals surface area contributed by atoms with Gasteiger partial charge in [0.25, 0.3) is 0 Å². The van der Waals surface area contributed by atoms with Crippen LogP contribution < -0.4 is 0 Å². The Morgan fingerprint density at radius 2 is 2.67 bits per heavy atom. The molecule has 0 aliphatic carbocycles. The van der Waals surface area contributed by atoms with Crippen molar-refractivity contribution < 1.29 is 16.4 Å². The lowest BCUT2D eigenvalue weighted by Gasteiger charge is -2.08. The van der Waals surface area contributed by atoms with Gasteiger partial charge in [0.05, 0.1) is 0 Å². The Labute approximate surface area is 99.2 Å². The maximum atomic E-state index is 8.08. The molecule has 66 valence electrons. The van der Waals surface area contributed by atoms with Crippen LogP contribution in [-0.4, -0.2) is 4.98 Å². The van der Waals surface area contributed by atoms with Gasteiger partial charge in [0.2, 0.25) is 0 Å². The summed E-state index contributed by atoms with van der Waals surface area (Å²) in [4.78, 5) is 3.59. The lowest BCUT2D eigenvalue weighted by atomic mass is 10.0. The van der Waals surface area contributed by atoms with Crippen LogP contribution in [0.1, 0.15) is 41.4 Å². The van der Waals surface area contributed by atoms with Crippen LogP contribution in [0.3, 0.4) is 0 Å². The number of aromatic nitrogens is 1. The molecule has 0 aromatic carbocycles. The molecule has 0 saturated carbocycles. The normalized spacial score (nSPS) is 30.8. The summed E-state index contributed by atoms with van der Waals surface area (Å²) in [5, 5.41) is 0. The maximum Gasteiger partial charge on any atom is 0.0446 e. The van der Waals surface area contributed by atoms with Crippen molar-refractivity contribution in [2.24, 2.45) is 5.89 Å². The zero-order valence-electron chi connectivity index (χ0n) is 18.0. The Morgan fingerprint density at radius 3 is 3.33 bits per heavy atom. The molecule has 0 atom stereocenters. The minimum Gasteiger partial charge on any atom is -0.261 e. The standard InChI is InChI=1S/C10H14BrN/c1-7(2)6-10-8(3)9(11)4-5-12-10/h4-5,7H,6H2,1-3H3/i1D3,2D3,3D3,6D2,7D. The summed E-state index contributed by atoms with van der Waals surface area (Å²) in [6.07, 6.45) is -2.40. The van der Waals surface area contributed by atoms with Crippen LogP contribution in [0.25, 0.3) is 0 Å². The zero-order valence-corrected chi connectivity index (χ0v) is 7.57. The summed E-state index contributed by atoms with van der Waals surface area (Å²) in [7, 11) is 0. The molecule has 12 heavy (non-hydrogen) atoms. The third-order valence-corrected chi connectivity index (χ3v) is 1.80. The summed E-state index contributed by atoms with van der Waals surface area (Å²) in [5.41, 5.74) is -1.58. The highest BCUT2D eigenvalue weighted by molar-refractivity contribution is 9.10. The third-order valence-electron chi connectivity index (χ3n) is 1.14. The summed E-state index contributed by atoms with van der Waals surface area (Å²) in [6.45, 7) is -10.0. The zero-order chi connectivity index (χ0) is 19.4. The van der Waals surface area contributed by atoms with Gasteiger partial charge in [0.15, 0.2) is 0 Å². The Kier molecular flexibility index (Phi) is 0.791. The summed E-state index contributed by atoms with van der Waals surface area (Å²) in [6, 6.07) is 1.21. The summed E-state index contributed by atoms with van der Waals surface area (Å²) < 4.78 is 90.9. The molecule has 0 radical (unpaired) electrons.